The van der Waals surface area contributed by atoms with Crippen molar-refractivity contribution in [2.75, 3.05) is 0 Å². The van der Waals surface area contributed by atoms with Crippen LogP contribution in [-0.4, -0.2) is 9.97 Å². The Balaban J connectivity index is 1.98. The van der Waals surface area contributed by atoms with Gasteiger partial charge in [0.1, 0.15) is 0 Å². The molecule has 0 amide bonds. The van der Waals surface area contributed by atoms with E-state index in [9.17, 15) is 0 Å². The summed E-state index contributed by atoms with van der Waals surface area (Å²) in [6.07, 6.45) is 4.18. The van der Waals surface area contributed by atoms with Crippen LogP contribution in [0.2, 0.25) is 0 Å². The number of benzene rings is 2. The predicted octanol–water partition coefficient (Wildman–Crippen LogP) is 6.91. The number of aromatic nitrogens is 2. The first-order valence-electron chi connectivity index (χ1n) is 9.38. The van der Waals surface area contributed by atoms with Gasteiger partial charge in [-0.2, -0.15) is 0 Å². The molecule has 4 rings (SSSR count). The highest BCUT2D eigenvalue weighted by Gasteiger charge is 2.22. The van der Waals surface area contributed by atoms with E-state index in [4.69, 9.17) is 0 Å². The van der Waals surface area contributed by atoms with Crippen molar-refractivity contribution in [1.29, 1.82) is 0 Å². The zero-order chi connectivity index (χ0) is 18.7. The van der Waals surface area contributed by atoms with Crippen LogP contribution in [0.1, 0.15) is 52.7 Å². The molecule has 2 heteroatoms. The summed E-state index contributed by atoms with van der Waals surface area (Å²) in [5, 5.41) is 2.56. The number of rotatable bonds is 1. The van der Waals surface area contributed by atoms with Gasteiger partial charge in [-0.15, -0.1) is 0 Å². The highest BCUT2D eigenvalue weighted by Crippen LogP contribution is 2.39. The standard InChI is InChI=1S/C24H28N2/c1-23(2,3)16-7-8-17-19(14-26-22(17)12-16)18-13-21-15(9-10-25-21)11-20(18)24(4,5)6/h7-14,25-26H,1-6H3. The van der Waals surface area contributed by atoms with Crippen molar-refractivity contribution in [1.82, 2.24) is 9.97 Å². The number of hydrogen-bond acceptors (Lipinski definition) is 0. The summed E-state index contributed by atoms with van der Waals surface area (Å²) in [5.74, 6) is 0. The van der Waals surface area contributed by atoms with Crippen LogP contribution in [-0.2, 0) is 10.8 Å². The Hall–Kier alpha value is -2.48. The van der Waals surface area contributed by atoms with Gasteiger partial charge in [0.15, 0.2) is 0 Å². The lowest BCUT2D eigenvalue weighted by Crippen LogP contribution is -2.12. The smallest absolute Gasteiger partial charge is 0.0463 e. The molecule has 0 aliphatic rings. The van der Waals surface area contributed by atoms with Crippen molar-refractivity contribution in [3.8, 4) is 11.1 Å². The van der Waals surface area contributed by atoms with Gasteiger partial charge in [-0.3, -0.25) is 0 Å². The Kier molecular flexibility index (Phi) is 3.59. The first-order valence-corrected chi connectivity index (χ1v) is 9.38. The van der Waals surface area contributed by atoms with E-state index in [2.05, 4.69) is 94.1 Å². The Morgan fingerprint density at radius 1 is 0.692 bits per heavy atom. The largest absolute Gasteiger partial charge is 0.361 e. The quantitative estimate of drug-likeness (QED) is 0.376. The molecule has 0 unspecified atom stereocenters. The van der Waals surface area contributed by atoms with Crippen molar-refractivity contribution in [2.45, 2.75) is 52.4 Å². The Morgan fingerprint density at radius 2 is 1.46 bits per heavy atom. The summed E-state index contributed by atoms with van der Waals surface area (Å²) >= 11 is 0. The van der Waals surface area contributed by atoms with Crippen molar-refractivity contribution >= 4 is 21.8 Å². The zero-order valence-electron chi connectivity index (χ0n) is 16.6. The molecule has 0 spiro atoms. The van der Waals surface area contributed by atoms with E-state index in [1.54, 1.807) is 0 Å². The van der Waals surface area contributed by atoms with Gasteiger partial charge in [-0.1, -0.05) is 53.7 Å². The first-order chi connectivity index (χ1) is 12.1. The normalized spacial score (nSPS) is 13.0. The van der Waals surface area contributed by atoms with E-state index in [1.807, 2.05) is 6.20 Å². The minimum absolute atomic E-state index is 0.0791. The summed E-state index contributed by atoms with van der Waals surface area (Å²) in [6.45, 7) is 13.6. The lowest BCUT2D eigenvalue weighted by molar-refractivity contribution is 0.591. The third-order valence-electron chi connectivity index (χ3n) is 5.34. The molecule has 0 aliphatic heterocycles. The predicted molar refractivity (Wildman–Crippen MR) is 113 cm³/mol. The van der Waals surface area contributed by atoms with Gasteiger partial charge < -0.3 is 9.97 Å². The third-order valence-corrected chi connectivity index (χ3v) is 5.34. The van der Waals surface area contributed by atoms with E-state index >= 15 is 0 Å². The van der Waals surface area contributed by atoms with E-state index in [-0.39, 0.29) is 10.8 Å². The maximum atomic E-state index is 3.51. The molecule has 0 atom stereocenters. The molecule has 2 N–H and O–H groups in total. The van der Waals surface area contributed by atoms with E-state index < -0.39 is 0 Å². The maximum absolute atomic E-state index is 3.51. The van der Waals surface area contributed by atoms with Gasteiger partial charge in [-0.25, -0.2) is 0 Å². The van der Waals surface area contributed by atoms with Crippen molar-refractivity contribution in [3.63, 3.8) is 0 Å². The average molecular weight is 345 g/mol. The fourth-order valence-electron chi connectivity index (χ4n) is 3.76. The van der Waals surface area contributed by atoms with E-state index in [0.717, 1.165) is 0 Å². The van der Waals surface area contributed by atoms with Gasteiger partial charge in [0.25, 0.3) is 0 Å². The summed E-state index contributed by atoms with van der Waals surface area (Å²) in [4.78, 5) is 6.88. The van der Waals surface area contributed by atoms with Gasteiger partial charge >= 0.3 is 0 Å². The molecule has 2 heterocycles. The molecular weight excluding hydrogens is 316 g/mol. The lowest BCUT2D eigenvalue weighted by Gasteiger charge is -2.23. The first kappa shape index (κ1) is 17.0. The molecule has 0 bridgehead atoms. The van der Waals surface area contributed by atoms with Crippen LogP contribution in [0.4, 0.5) is 0 Å². The molecular formula is C24H28N2. The SMILES string of the molecule is CC(C)(C)c1ccc2c(-c3cc4[nH]ccc4cc3C(C)(C)C)c[nH]c2c1. The molecule has 0 saturated carbocycles. The van der Waals surface area contributed by atoms with Gasteiger partial charge in [0, 0.05) is 34.4 Å². The van der Waals surface area contributed by atoms with Crippen molar-refractivity contribution in [3.05, 3.63) is 59.9 Å². The van der Waals surface area contributed by atoms with Crippen LogP contribution >= 0.6 is 0 Å². The molecule has 2 aromatic carbocycles. The summed E-state index contributed by atoms with van der Waals surface area (Å²) in [5.41, 5.74) is 7.95. The van der Waals surface area contributed by atoms with Crippen LogP contribution in [0.25, 0.3) is 32.9 Å². The van der Waals surface area contributed by atoms with E-state index in [1.165, 1.54) is 44.1 Å². The Morgan fingerprint density at radius 3 is 2.15 bits per heavy atom. The third kappa shape index (κ3) is 2.74. The van der Waals surface area contributed by atoms with Crippen LogP contribution in [0.15, 0.2) is 48.8 Å². The summed E-state index contributed by atoms with van der Waals surface area (Å²) in [6, 6.07) is 13.6. The number of fused-ring (bicyclic) bond motifs is 2. The fraction of sp³-hybridized carbons (Fsp3) is 0.333. The minimum Gasteiger partial charge on any atom is -0.361 e. The molecule has 0 fully saturated rings. The van der Waals surface area contributed by atoms with E-state index in [0.29, 0.717) is 0 Å². The molecule has 26 heavy (non-hydrogen) atoms. The van der Waals surface area contributed by atoms with Crippen molar-refractivity contribution in [2.24, 2.45) is 0 Å². The second-order valence-electron chi connectivity index (χ2n) is 9.43. The lowest BCUT2D eigenvalue weighted by atomic mass is 9.81. The van der Waals surface area contributed by atoms with Crippen LogP contribution in [0, 0.1) is 0 Å². The van der Waals surface area contributed by atoms with Crippen LogP contribution < -0.4 is 0 Å². The monoisotopic (exact) mass is 344 g/mol. The van der Waals surface area contributed by atoms with Crippen LogP contribution in [0.5, 0.6) is 0 Å². The molecule has 4 aromatic rings. The topological polar surface area (TPSA) is 31.6 Å². The number of aromatic amines is 2. The molecule has 0 radical (unpaired) electrons. The van der Waals surface area contributed by atoms with Gasteiger partial charge in [0.05, 0.1) is 0 Å². The number of hydrogen-bond donors (Lipinski definition) is 2. The summed E-state index contributed by atoms with van der Waals surface area (Å²) < 4.78 is 0. The average Bonchev–Trinajstić information content (AvgIpc) is 3.17. The summed E-state index contributed by atoms with van der Waals surface area (Å²) in [7, 11) is 0. The van der Waals surface area contributed by atoms with Gasteiger partial charge in [0.2, 0.25) is 0 Å². The Bertz CT molecular complexity index is 1090. The second-order valence-corrected chi connectivity index (χ2v) is 9.43. The van der Waals surface area contributed by atoms with Gasteiger partial charge in [-0.05, 0) is 57.2 Å². The molecule has 0 aliphatic carbocycles. The Labute approximate surface area is 155 Å². The number of nitrogens with one attached hydrogen (secondary N) is 2. The highest BCUT2D eigenvalue weighted by molar-refractivity contribution is 5.99. The highest BCUT2D eigenvalue weighted by atomic mass is 14.7. The molecule has 0 saturated heterocycles. The minimum atomic E-state index is 0.0791. The molecule has 2 nitrogen and oxygen atoms in total. The second kappa shape index (κ2) is 5.51. The van der Waals surface area contributed by atoms with Crippen molar-refractivity contribution < 1.29 is 0 Å². The fourth-order valence-corrected chi connectivity index (χ4v) is 3.76. The molecule has 2 aromatic heterocycles. The maximum Gasteiger partial charge on any atom is 0.0463 e. The molecule has 134 valence electrons. The van der Waals surface area contributed by atoms with Crippen LogP contribution in [0.3, 0.4) is 0 Å². The number of H-pyrrole nitrogens is 2. The zero-order valence-corrected chi connectivity index (χ0v) is 16.6.